The van der Waals surface area contributed by atoms with Gasteiger partial charge in [0, 0.05) is 48.6 Å². The molecule has 0 spiro atoms. The third-order valence-electron chi connectivity index (χ3n) is 9.25. The summed E-state index contributed by atoms with van der Waals surface area (Å²) in [5.41, 5.74) is 6.38. The van der Waals surface area contributed by atoms with Crippen molar-refractivity contribution in [2.45, 2.75) is 0 Å². The highest BCUT2D eigenvalue weighted by molar-refractivity contribution is 7.27. The summed E-state index contributed by atoms with van der Waals surface area (Å²) in [4.78, 5) is 14.8. The van der Waals surface area contributed by atoms with E-state index in [0.29, 0.717) is 17.5 Å². The first kappa shape index (κ1) is 27.0. The van der Waals surface area contributed by atoms with Crippen molar-refractivity contribution >= 4 is 64.1 Å². The molecule has 0 aliphatic carbocycles. The van der Waals surface area contributed by atoms with E-state index in [2.05, 4.69) is 102 Å². The van der Waals surface area contributed by atoms with E-state index in [4.69, 9.17) is 15.0 Å². The second-order valence-corrected chi connectivity index (χ2v) is 13.1. The summed E-state index contributed by atoms with van der Waals surface area (Å²) in [6.45, 7) is 0. The molecular formula is C43H26N4S. The maximum Gasteiger partial charge on any atom is 0.164 e. The number of benzene rings is 7. The zero-order valence-corrected chi connectivity index (χ0v) is 26.5. The fraction of sp³-hybridized carbons (Fsp3) is 0. The molecule has 5 heteroatoms. The Morgan fingerprint density at radius 3 is 1.58 bits per heavy atom. The molecule has 4 nitrogen and oxygen atoms in total. The Morgan fingerprint density at radius 1 is 0.375 bits per heavy atom. The van der Waals surface area contributed by atoms with Gasteiger partial charge in [-0.1, -0.05) is 127 Å². The van der Waals surface area contributed by atoms with Gasteiger partial charge in [0.05, 0.1) is 15.7 Å². The smallest absolute Gasteiger partial charge is 0.164 e. The van der Waals surface area contributed by atoms with Crippen molar-refractivity contribution in [3.8, 4) is 39.9 Å². The molecule has 48 heavy (non-hydrogen) atoms. The van der Waals surface area contributed by atoms with Gasteiger partial charge < -0.3 is 4.57 Å². The lowest BCUT2D eigenvalue weighted by Gasteiger charge is -2.11. The lowest BCUT2D eigenvalue weighted by atomic mass is 10.1. The number of hydrogen-bond donors (Lipinski definition) is 0. The number of nitrogens with zero attached hydrogens (tertiary/aromatic N) is 4. The van der Waals surface area contributed by atoms with Crippen LogP contribution in [0, 0.1) is 0 Å². The largest absolute Gasteiger partial charge is 0.308 e. The average molecular weight is 631 g/mol. The first-order chi connectivity index (χ1) is 23.8. The molecule has 0 saturated heterocycles. The van der Waals surface area contributed by atoms with Crippen LogP contribution in [0.5, 0.6) is 0 Å². The molecule has 0 aliphatic rings. The second kappa shape index (κ2) is 10.7. The summed E-state index contributed by atoms with van der Waals surface area (Å²) in [5, 5.41) is 7.68. The van der Waals surface area contributed by atoms with Crippen LogP contribution in [-0.2, 0) is 0 Å². The molecule has 0 amide bonds. The molecular weight excluding hydrogens is 605 g/mol. The highest BCUT2D eigenvalue weighted by Crippen LogP contribution is 2.45. The topological polar surface area (TPSA) is 43.6 Å². The Hall–Kier alpha value is -6.17. The third kappa shape index (κ3) is 4.18. The van der Waals surface area contributed by atoms with Gasteiger partial charge in [-0.2, -0.15) is 0 Å². The van der Waals surface area contributed by atoms with Gasteiger partial charge in [-0.3, -0.25) is 0 Å². The van der Waals surface area contributed by atoms with Crippen LogP contribution in [0.25, 0.3) is 92.6 Å². The zero-order chi connectivity index (χ0) is 31.6. The maximum absolute atomic E-state index is 4.95. The molecule has 0 unspecified atom stereocenters. The third-order valence-corrected chi connectivity index (χ3v) is 10.5. The Labute approximate surface area is 280 Å². The molecule has 0 atom stereocenters. The summed E-state index contributed by atoms with van der Waals surface area (Å²) < 4.78 is 5.06. The van der Waals surface area contributed by atoms with Gasteiger partial charge in [-0.05, 0) is 41.1 Å². The molecule has 0 radical (unpaired) electrons. The first-order valence-corrected chi connectivity index (χ1v) is 16.9. The Kier molecular flexibility index (Phi) is 6.01. The van der Waals surface area contributed by atoms with Crippen molar-refractivity contribution in [3.63, 3.8) is 0 Å². The van der Waals surface area contributed by atoms with E-state index in [1.54, 1.807) is 0 Å². The minimum atomic E-state index is 0.648. The molecule has 0 saturated carbocycles. The standard InChI is InChI=1S/C43H26N4S/c1-3-12-28(13-4-1)41-44-42(29-14-5-2-6-15-29)46-43(45-41)30-19-22-31(23-20-30)47-37-18-10-9-17-33(37)34-25-26-36-35-24-21-27-11-7-8-16-32(27)39(35)48-40(36)38(34)47/h1-26H. The van der Waals surface area contributed by atoms with E-state index >= 15 is 0 Å². The molecule has 3 heterocycles. The Balaban J connectivity index is 1.18. The van der Waals surface area contributed by atoms with Crippen molar-refractivity contribution in [3.05, 3.63) is 158 Å². The highest BCUT2D eigenvalue weighted by Gasteiger charge is 2.19. The number of thiophene rings is 1. The second-order valence-electron chi connectivity index (χ2n) is 12.0. The number of fused-ring (bicyclic) bond motifs is 9. The van der Waals surface area contributed by atoms with Crippen LogP contribution < -0.4 is 0 Å². The monoisotopic (exact) mass is 630 g/mol. The van der Waals surface area contributed by atoms with Crippen LogP contribution in [0.4, 0.5) is 0 Å². The van der Waals surface area contributed by atoms with Gasteiger partial charge in [0.15, 0.2) is 17.5 Å². The van der Waals surface area contributed by atoms with Gasteiger partial charge in [-0.15, -0.1) is 11.3 Å². The lowest BCUT2D eigenvalue weighted by Crippen LogP contribution is -2.00. The Bertz CT molecular complexity index is 2760. The predicted octanol–water partition coefficient (Wildman–Crippen LogP) is 11.5. The van der Waals surface area contributed by atoms with E-state index < -0.39 is 0 Å². The van der Waals surface area contributed by atoms with Crippen molar-refractivity contribution in [2.24, 2.45) is 0 Å². The van der Waals surface area contributed by atoms with Crippen LogP contribution in [0.2, 0.25) is 0 Å². The minimum absolute atomic E-state index is 0.648. The fourth-order valence-electron chi connectivity index (χ4n) is 6.98. The van der Waals surface area contributed by atoms with Crippen LogP contribution in [0.15, 0.2) is 158 Å². The Morgan fingerprint density at radius 2 is 0.896 bits per heavy atom. The number of rotatable bonds is 4. The maximum atomic E-state index is 4.95. The van der Waals surface area contributed by atoms with Crippen LogP contribution in [-0.4, -0.2) is 19.5 Å². The number of aromatic nitrogens is 4. The molecule has 10 aromatic rings. The fourth-order valence-corrected chi connectivity index (χ4v) is 8.35. The zero-order valence-electron chi connectivity index (χ0n) is 25.7. The summed E-state index contributed by atoms with van der Waals surface area (Å²) in [7, 11) is 0. The van der Waals surface area contributed by atoms with Gasteiger partial charge in [0.2, 0.25) is 0 Å². The summed E-state index contributed by atoms with van der Waals surface area (Å²) in [5.74, 6) is 1.96. The molecule has 0 N–H and O–H groups in total. The quantitative estimate of drug-likeness (QED) is 0.194. The van der Waals surface area contributed by atoms with Crippen molar-refractivity contribution < 1.29 is 0 Å². The summed E-state index contributed by atoms with van der Waals surface area (Å²) in [6.07, 6.45) is 0. The normalized spacial score (nSPS) is 11.8. The molecule has 0 fully saturated rings. The van der Waals surface area contributed by atoms with E-state index in [9.17, 15) is 0 Å². The molecule has 224 valence electrons. The molecule has 0 bridgehead atoms. The van der Waals surface area contributed by atoms with E-state index in [1.165, 1.54) is 52.8 Å². The van der Waals surface area contributed by atoms with Crippen LogP contribution in [0.3, 0.4) is 0 Å². The van der Waals surface area contributed by atoms with E-state index in [1.807, 2.05) is 72.0 Å². The van der Waals surface area contributed by atoms with Crippen molar-refractivity contribution in [1.82, 2.24) is 19.5 Å². The minimum Gasteiger partial charge on any atom is -0.308 e. The molecule has 7 aromatic carbocycles. The SMILES string of the molecule is c1ccc(-c2nc(-c3ccccc3)nc(-c3ccc(-n4c5ccccc5c5ccc6c7ccc8ccccc8c7sc6c54)cc3)n2)cc1. The molecule has 3 aromatic heterocycles. The number of hydrogen-bond acceptors (Lipinski definition) is 4. The van der Waals surface area contributed by atoms with E-state index in [0.717, 1.165) is 22.4 Å². The first-order valence-electron chi connectivity index (χ1n) is 16.0. The van der Waals surface area contributed by atoms with Gasteiger partial charge in [0.25, 0.3) is 0 Å². The highest BCUT2D eigenvalue weighted by atomic mass is 32.1. The summed E-state index contributed by atoms with van der Waals surface area (Å²) in [6, 6.07) is 55.4. The number of para-hydroxylation sites is 1. The van der Waals surface area contributed by atoms with Gasteiger partial charge >= 0.3 is 0 Å². The van der Waals surface area contributed by atoms with Gasteiger partial charge in [-0.25, -0.2) is 15.0 Å². The van der Waals surface area contributed by atoms with Crippen LogP contribution in [0.1, 0.15) is 0 Å². The van der Waals surface area contributed by atoms with Crippen molar-refractivity contribution in [2.75, 3.05) is 0 Å². The molecule has 0 aliphatic heterocycles. The molecule has 10 rings (SSSR count). The predicted molar refractivity (Wildman–Crippen MR) is 201 cm³/mol. The van der Waals surface area contributed by atoms with Crippen molar-refractivity contribution in [1.29, 1.82) is 0 Å². The lowest BCUT2D eigenvalue weighted by molar-refractivity contribution is 1.07. The summed E-state index contributed by atoms with van der Waals surface area (Å²) >= 11 is 1.90. The van der Waals surface area contributed by atoms with Crippen LogP contribution >= 0.6 is 11.3 Å². The average Bonchev–Trinajstić information content (AvgIpc) is 3.72. The van der Waals surface area contributed by atoms with Gasteiger partial charge in [0.1, 0.15) is 0 Å². The van der Waals surface area contributed by atoms with E-state index in [-0.39, 0.29) is 0 Å².